The van der Waals surface area contributed by atoms with Crippen molar-refractivity contribution in [1.82, 2.24) is 5.32 Å². The van der Waals surface area contributed by atoms with Gasteiger partial charge in [-0.2, -0.15) is 0 Å². The standard InChI is InChI=1S/C34H33N5O5/c1-42-28-16-12-24(13-17-28)23-36-33(41)34(22-27-10-5-6-11-30(27)38-39-35)31(25-8-3-2-4-9-25)44-32(37-34)26-14-18-29(19-15-26)43-21-7-20-40/h2-6,8-19,31,40H,7,20-23H2,1H3,(H,36,41)/t31-,34-/m1/s1. The average molecular weight is 592 g/mol. The quantitative estimate of drug-likeness (QED) is 0.0823. The van der Waals surface area contributed by atoms with Crippen molar-refractivity contribution in [2.24, 2.45) is 10.1 Å². The van der Waals surface area contributed by atoms with Gasteiger partial charge in [0, 0.05) is 42.2 Å². The Balaban J connectivity index is 1.56. The number of aliphatic hydroxyl groups excluding tert-OH is 1. The van der Waals surface area contributed by atoms with E-state index in [-0.39, 0.29) is 25.5 Å². The molecule has 5 rings (SSSR count). The number of benzene rings is 4. The van der Waals surface area contributed by atoms with Crippen molar-refractivity contribution in [2.45, 2.75) is 31.0 Å². The first kappa shape index (κ1) is 30.2. The van der Waals surface area contributed by atoms with Crippen LogP contribution in [0.4, 0.5) is 5.69 Å². The number of nitrogens with one attached hydrogen (secondary N) is 1. The summed E-state index contributed by atoms with van der Waals surface area (Å²) in [5, 5.41) is 16.0. The lowest BCUT2D eigenvalue weighted by Gasteiger charge is -2.31. The normalized spacial score (nSPS) is 17.1. The van der Waals surface area contributed by atoms with E-state index in [9.17, 15) is 10.3 Å². The second-order valence-corrected chi connectivity index (χ2v) is 10.2. The number of amides is 1. The predicted molar refractivity (Wildman–Crippen MR) is 167 cm³/mol. The number of hydrogen-bond acceptors (Lipinski definition) is 7. The van der Waals surface area contributed by atoms with Crippen LogP contribution in [-0.2, 0) is 22.5 Å². The van der Waals surface area contributed by atoms with Gasteiger partial charge in [0.15, 0.2) is 11.6 Å². The number of carbonyl (C=O) groups excluding carboxylic acids is 1. The topological polar surface area (TPSA) is 138 Å². The molecule has 0 fully saturated rings. The Morgan fingerprint density at radius 2 is 1.70 bits per heavy atom. The Kier molecular flexibility index (Phi) is 9.76. The highest BCUT2D eigenvalue weighted by Gasteiger charge is 2.53. The Hall–Kier alpha value is -5.31. The number of carbonyl (C=O) groups is 1. The minimum absolute atomic E-state index is 0.0506. The van der Waals surface area contributed by atoms with Gasteiger partial charge >= 0.3 is 0 Å². The first-order chi connectivity index (χ1) is 21.6. The van der Waals surface area contributed by atoms with Crippen LogP contribution >= 0.6 is 0 Å². The second-order valence-electron chi connectivity index (χ2n) is 10.2. The molecular formula is C34H33N5O5. The smallest absolute Gasteiger partial charge is 0.252 e. The van der Waals surface area contributed by atoms with Crippen LogP contribution in [0.5, 0.6) is 11.5 Å². The van der Waals surface area contributed by atoms with E-state index in [2.05, 4.69) is 15.3 Å². The van der Waals surface area contributed by atoms with E-state index in [1.54, 1.807) is 31.4 Å². The molecule has 1 amide bonds. The monoisotopic (exact) mass is 591 g/mol. The van der Waals surface area contributed by atoms with Gasteiger partial charge in [0.05, 0.1) is 13.7 Å². The van der Waals surface area contributed by atoms with Gasteiger partial charge in [-0.3, -0.25) is 4.79 Å². The second kappa shape index (κ2) is 14.2. The molecule has 0 bridgehead atoms. The number of azide groups is 1. The van der Waals surface area contributed by atoms with E-state index < -0.39 is 11.6 Å². The summed E-state index contributed by atoms with van der Waals surface area (Å²) in [4.78, 5) is 22.5. The van der Waals surface area contributed by atoms with E-state index in [1.165, 1.54) is 0 Å². The number of aliphatic hydroxyl groups is 1. The fraction of sp³-hybridized carbons (Fsp3) is 0.235. The Labute approximate surface area is 255 Å². The summed E-state index contributed by atoms with van der Waals surface area (Å²) in [5.74, 6) is 1.34. The largest absolute Gasteiger partial charge is 0.497 e. The zero-order valence-electron chi connectivity index (χ0n) is 24.3. The van der Waals surface area contributed by atoms with E-state index >= 15 is 0 Å². The van der Waals surface area contributed by atoms with Crippen LogP contribution in [0.3, 0.4) is 0 Å². The molecule has 4 aromatic carbocycles. The zero-order chi connectivity index (χ0) is 30.8. The summed E-state index contributed by atoms with van der Waals surface area (Å²) >= 11 is 0. The van der Waals surface area contributed by atoms with Gasteiger partial charge in [0.25, 0.3) is 5.91 Å². The number of nitrogens with zero attached hydrogens (tertiary/aromatic N) is 4. The number of ether oxygens (including phenoxy) is 3. The van der Waals surface area contributed by atoms with Gasteiger partial charge in [0.1, 0.15) is 11.5 Å². The molecule has 224 valence electrons. The first-order valence-corrected chi connectivity index (χ1v) is 14.3. The summed E-state index contributed by atoms with van der Waals surface area (Å²) in [6.45, 7) is 0.704. The number of methoxy groups -OCH3 is 1. The van der Waals surface area contributed by atoms with Gasteiger partial charge in [-0.25, -0.2) is 4.99 Å². The third kappa shape index (κ3) is 6.83. The number of hydrogen-bond donors (Lipinski definition) is 2. The van der Waals surface area contributed by atoms with Gasteiger partial charge in [-0.05, 0) is 58.6 Å². The van der Waals surface area contributed by atoms with E-state index in [1.807, 2.05) is 78.9 Å². The zero-order valence-corrected chi connectivity index (χ0v) is 24.3. The molecule has 0 spiro atoms. The van der Waals surface area contributed by atoms with Gasteiger partial charge < -0.3 is 24.6 Å². The van der Waals surface area contributed by atoms with E-state index in [4.69, 9.17) is 24.3 Å². The van der Waals surface area contributed by atoms with Crippen LogP contribution in [-0.4, -0.2) is 42.8 Å². The lowest BCUT2D eigenvalue weighted by atomic mass is 9.81. The van der Waals surface area contributed by atoms with Crippen molar-refractivity contribution < 1.29 is 24.1 Å². The fourth-order valence-electron chi connectivity index (χ4n) is 5.09. The van der Waals surface area contributed by atoms with Crippen molar-refractivity contribution in [1.29, 1.82) is 0 Å². The lowest BCUT2D eigenvalue weighted by molar-refractivity contribution is -0.129. The molecule has 4 aromatic rings. The summed E-state index contributed by atoms with van der Waals surface area (Å²) in [7, 11) is 1.60. The maximum Gasteiger partial charge on any atom is 0.252 e. The highest BCUT2D eigenvalue weighted by Crippen LogP contribution is 2.43. The van der Waals surface area contributed by atoms with Crippen molar-refractivity contribution in [2.75, 3.05) is 20.3 Å². The molecule has 1 heterocycles. The van der Waals surface area contributed by atoms with Crippen molar-refractivity contribution >= 4 is 17.5 Å². The predicted octanol–water partition coefficient (Wildman–Crippen LogP) is 6.21. The van der Waals surface area contributed by atoms with Crippen LogP contribution in [0.2, 0.25) is 0 Å². The lowest BCUT2D eigenvalue weighted by Crippen LogP contribution is -2.49. The molecule has 10 heteroatoms. The van der Waals surface area contributed by atoms with Gasteiger partial charge in [-0.15, -0.1) is 0 Å². The molecule has 1 aliphatic rings. The maximum absolute atomic E-state index is 14.4. The van der Waals surface area contributed by atoms with E-state index in [0.717, 1.165) is 16.9 Å². The highest BCUT2D eigenvalue weighted by molar-refractivity contribution is 6.01. The number of rotatable bonds is 13. The fourth-order valence-corrected chi connectivity index (χ4v) is 5.09. The van der Waals surface area contributed by atoms with Crippen LogP contribution < -0.4 is 14.8 Å². The molecule has 2 N–H and O–H groups in total. The molecule has 0 aliphatic carbocycles. The molecule has 0 unspecified atom stereocenters. The highest BCUT2D eigenvalue weighted by atomic mass is 16.5. The minimum Gasteiger partial charge on any atom is -0.497 e. The summed E-state index contributed by atoms with van der Waals surface area (Å²) in [6, 6.07) is 31.4. The van der Waals surface area contributed by atoms with Gasteiger partial charge in [0.2, 0.25) is 5.90 Å². The molecule has 1 aliphatic heterocycles. The van der Waals surface area contributed by atoms with Crippen molar-refractivity contribution in [3.8, 4) is 11.5 Å². The molecule has 44 heavy (non-hydrogen) atoms. The van der Waals surface area contributed by atoms with Crippen molar-refractivity contribution in [3.63, 3.8) is 0 Å². The first-order valence-electron chi connectivity index (χ1n) is 14.3. The van der Waals surface area contributed by atoms with Crippen LogP contribution in [0.15, 0.2) is 113 Å². The molecule has 0 saturated carbocycles. The summed E-state index contributed by atoms with van der Waals surface area (Å²) < 4.78 is 17.5. The van der Waals surface area contributed by atoms with Crippen LogP contribution in [0.25, 0.3) is 10.4 Å². The molecular weight excluding hydrogens is 558 g/mol. The van der Waals surface area contributed by atoms with E-state index in [0.29, 0.717) is 41.5 Å². The molecule has 0 saturated heterocycles. The van der Waals surface area contributed by atoms with Gasteiger partial charge in [-0.1, -0.05) is 71.8 Å². The average Bonchev–Trinajstić information content (AvgIpc) is 3.46. The van der Waals surface area contributed by atoms with Crippen molar-refractivity contribution in [3.05, 3.63) is 136 Å². The molecule has 2 atom stereocenters. The molecule has 0 aromatic heterocycles. The summed E-state index contributed by atoms with van der Waals surface area (Å²) in [5.41, 5.74) is 11.2. The molecule has 0 radical (unpaired) electrons. The SMILES string of the molecule is COc1ccc(CNC(=O)[C@]2(Cc3ccccc3N=[N+]=[N-])N=C(c3ccc(OCCCO)cc3)O[C@@H]2c2ccccc2)cc1. The third-order valence-corrected chi connectivity index (χ3v) is 7.35. The minimum atomic E-state index is -1.44. The molecule has 10 nitrogen and oxygen atoms in total. The Morgan fingerprint density at radius 1 is 1.00 bits per heavy atom. The maximum atomic E-state index is 14.4. The summed E-state index contributed by atoms with van der Waals surface area (Å²) in [6.07, 6.45) is -0.140. The third-order valence-electron chi connectivity index (χ3n) is 7.35. The van der Waals surface area contributed by atoms with Crippen LogP contribution in [0.1, 0.15) is 34.8 Å². The number of aliphatic imine (C=N–C) groups is 1. The Morgan fingerprint density at radius 3 is 2.41 bits per heavy atom. The Bertz CT molecular complexity index is 1640. The van der Waals surface area contributed by atoms with Crippen LogP contribution in [0, 0.1) is 0 Å².